The van der Waals surface area contributed by atoms with Gasteiger partial charge >= 0.3 is 0 Å². The summed E-state index contributed by atoms with van der Waals surface area (Å²) in [5, 5.41) is 0. The number of allylic oxidation sites excluding steroid dienone is 2. The third-order valence-corrected chi connectivity index (χ3v) is 3.72. The van der Waals surface area contributed by atoms with E-state index < -0.39 is 0 Å². The van der Waals surface area contributed by atoms with E-state index in [9.17, 15) is 0 Å². The quantitative estimate of drug-likeness (QED) is 0.418. The lowest BCUT2D eigenvalue weighted by Gasteiger charge is -2.24. The Hall–Kier alpha value is -0.260. The van der Waals surface area contributed by atoms with Crippen LogP contribution in [0.1, 0.15) is 80.1 Å². The van der Waals surface area contributed by atoms with Gasteiger partial charge in [-0.2, -0.15) is 0 Å². The van der Waals surface area contributed by atoms with E-state index in [0.717, 1.165) is 17.8 Å². The molecule has 0 saturated heterocycles. The van der Waals surface area contributed by atoms with Crippen molar-refractivity contribution in [3.63, 3.8) is 0 Å². The van der Waals surface area contributed by atoms with E-state index in [1.54, 1.807) is 5.57 Å². The van der Waals surface area contributed by atoms with E-state index in [1.807, 2.05) is 0 Å². The molecule has 0 amide bonds. The van der Waals surface area contributed by atoms with Crippen molar-refractivity contribution in [3.8, 4) is 0 Å². The van der Waals surface area contributed by atoms with E-state index >= 15 is 0 Å². The highest BCUT2D eigenvalue weighted by Gasteiger charge is 2.16. The molecular formula is C17H34. The first-order valence-electron chi connectivity index (χ1n) is 7.66. The first-order chi connectivity index (χ1) is 8.01. The fourth-order valence-electron chi connectivity index (χ4n) is 2.69. The van der Waals surface area contributed by atoms with Gasteiger partial charge in [-0.15, -0.1) is 0 Å². The van der Waals surface area contributed by atoms with Crippen molar-refractivity contribution in [2.24, 2.45) is 17.8 Å². The van der Waals surface area contributed by atoms with Crippen LogP contribution in [0.25, 0.3) is 0 Å². The summed E-state index contributed by atoms with van der Waals surface area (Å²) in [4.78, 5) is 0. The maximum absolute atomic E-state index is 2.48. The molecule has 0 aliphatic carbocycles. The highest BCUT2D eigenvalue weighted by Crippen LogP contribution is 2.28. The Labute approximate surface area is 110 Å². The van der Waals surface area contributed by atoms with Crippen LogP contribution < -0.4 is 0 Å². The summed E-state index contributed by atoms with van der Waals surface area (Å²) >= 11 is 0. The van der Waals surface area contributed by atoms with Crippen molar-refractivity contribution < 1.29 is 0 Å². The minimum atomic E-state index is 0.842. The Morgan fingerprint density at radius 2 is 1.71 bits per heavy atom. The van der Waals surface area contributed by atoms with E-state index in [1.165, 1.54) is 38.5 Å². The van der Waals surface area contributed by atoms with Crippen molar-refractivity contribution in [1.29, 1.82) is 0 Å². The van der Waals surface area contributed by atoms with E-state index in [-0.39, 0.29) is 0 Å². The van der Waals surface area contributed by atoms with Crippen molar-refractivity contribution in [1.82, 2.24) is 0 Å². The molecule has 0 aromatic heterocycles. The zero-order valence-corrected chi connectivity index (χ0v) is 13.1. The lowest BCUT2D eigenvalue weighted by molar-refractivity contribution is 0.280. The second kappa shape index (κ2) is 9.74. The van der Waals surface area contributed by atoms with Crippen molar-refractivity contribution in [2.75, 3.05) is 0 Å². The SMILES string of the molecule is CCCC(C)=CCC(C)C(CCC)CC(C)C. The zero-order valence-electron chi connectivity index (χ0n) is 13.1. The Morgan fingerprint density at radius 1 is 1.06 bits per heavy atom. The Morgan fingerprint density at radius 3 is 2.18 bits per heavy atom. The molecule has 2 unspecified atom stereocenters. The van der Waals surface area contributed by atoms with E-state index in [0.29, 0.717) is 0 Å². The van der Waals surface area contributed by atoms with Gasteiger partial charge in [0.2, 0.25) is 0 Å². The Bertz CT molecular complexity index is 200. The molecule has 0 rings (SSSR count). The van der Waals surface area contributed by atoms with Crippen LogP contribution in [-0.4, -0.2) is 0 Å². The Kier molecular flexibility index (Phi) is 9.59. The lowest BCUT2D eigenvalue weighted by atomic mass is 9.81. The molecule has 0 aromatic rings. The smallest absolute Gasteiger partial charge is 0.0320 e. The molecule has 0 aliphatic rings. The molecule has 2 atom stereocenters. The molecular weight excluding hydrogens is 204 g/mol. The second-order valence-electron chi connectivity index (χ2n) is 6.19. The average molecular weight is 238 g/mol. The predicted molar refractivity (Wildman–Crippen MR) is 80.3 cm³/mol. The third-order valence-electron chi connectivity index (χ3n) is 3.72. The topological polar surface area (TPSA) is 0 Å². The van der Waals surface area contributed by atoms with Gasteiger partial charge in [0.15, 0.2) is 0 Å². The lowest BCUT2D eigenvalue weighted by Crippen LogP contribution is -2.13. The van der Waals surface area contributed by atoms with Crippen LogP contribution in [-0.2, 0) is 0 Å². The van der Waals surface area contributed by atoms with Crippen molar-refractivity contribution >= 4 is 0 Å². The predicted octanol–water partition coefficient (Wildman–Crippen LogP) is 6.22. The summed E-state index contributed by atoms with van der Waals surface area (Å²) in [6.07, 6.45) is 10.5. The molecule has 0 fully saturated rings. The normalized spacial score (nSPS) is 16.3. The van der Waals surface area contributed by atoms with Crippen LogP contribution in [0.3, 0.4) is 0 Å². The van der Waals surface area contributed by atoms with Crippen LogP contribution >= 0.6 is 0 Å². The maximum Gasteiger partial charge on any atom is -0.0320 e. The van der Waals surface area contributed by atoms with Gasteiger partial charge in [-0.25, -0.2) is 0 Å². The molecule has 0 spiro atoms. The van der Waals surface area contributed by atoms with Crippen molar-refractivity contribution in [2.45, 2.75) is 80.1 Å². The minimum Gasteiger partial charge on any atom is -0.0853 e. The number of hydrogen-bond donors (Lipinski definition) is 0. The van der Waals surface area contributed by atoms with Crippen LogP contribution in [0.2, 0.25) is 0 Å². The Balaban J connectivity index is 4.21. The van der Waals surface area contributed by atoms with Gasteiger partial charge in [0, 0.05) is 0 Å². The largest absolute Gasteiger partial charge is 0.0853 e. The molecule has 0 aliphatic heterocycles. The van der Waals surface area contributed by atoms with Gasteiger partial charge in [-0.3, -0.25) is 0 Å². The molecule has 0 nitrogen and oxygen atoms in total. The molecule has 102 valence electrons. The first-order valence-corrected chi connectivity index (χ1v) is 7.66. The highest BCUT2D eigenvalue weighted by molar-refractivity contribution is 4.98. The standard InChI is InChI=1S/C17H34/c1-7-9-15(5)11-12-16(6)17(10-8-2)13-14(3)4/h11,14,16-17H,7-10,12-13H2,1-6H3. The molecule has 0 heterocycles. The minimum absolute atomic E-state index is 0.842. The van der Waals surface area contributed by atoms with E-state index in [4.69, 9.17) is 0 Å². The van der Waals surface area contributed by atoms with Gasteiger partial charge in [-0.1, -0.05) is 65.5 Å². The summed E-state index contributed by atoms with van der Waals surface area (Å²) in [7, 11) is 0. The molecule has 17 heavy (non-hydrogen) atoms. The van der Waals surface area contributed by atoms with Crippen LogP contribution in [0.4, 0.5) is 0 Å². The molecule has 0 bridgehead atoms. The molecule has 0 N–H and O–H groups in total. The highest BCUT2D eigenvalue weighted by atomic mass is 14.2. The van der Waals surface area contributed by atoms with Crippen LogP contribution in [0, 0.1) is 17.8 Å². The fourth-order valence-corrected chi connectivity index (χ4v) is 2.69. The van der Waals surface area contributed by atoms with Gasteiger partial charge in [0.1, 0.15) is 0 Å². The van der Waals surface area contributed by atoms with Crippen LogP contribution in [0.15, 0.2) is 11.6 Å². The van der Waals surface area contributed by atoms with Gasteiger partial charge in [-0.05, 0) is 43.9 Å². The second-order valence-corrected chi connectivity index (χ2v) is 6.19. The van der Waals surface area contributed by atoms with Crippen molar-refractivity contribution in [3.05, 3.63) is 11.6 Å². The molecule has 0 saturated carbocycles. The zero-order chi connectivity index (χ0) is 13.3. The summed E-state index contributed by atoms with van der Waals surface area (Å²) in [5.41, 5.74) is 1.58. The summed E-state index contributed by atoms with van der Waals surface area (Å²) in [5.74, 6) is 2.62. The number of hydrogen-bond acceptors (Lipinski definition) is 0. The first kappa shape index (κ1) is 16.7. The van der Waals surface area contributed by atoms with Gasteiger partial charge < -0.3 is 0 Å². The fraction of sp³-hybridized carbons (Fsp3) is 0.882. The number of rotatable bonds is 9. The molecule has 0 radical (unpaired) electrons. The summed E-state index contributed by atoms with van der Waals surface area (Å²) in [6.45, 7) is 14.0. The third kappa shape index (κ3) is 8.46. The van der Waals surface area contributed by atoms with Gasteiger partial charge in [0.25, 0.3) is 0 Å². The molecule has 0 heteroatoms. The maximum atomic E-state index is 2.48. The molecule has 0 aromatic carbocycles. The summed E-state index contributed by atoms with van der Waals surface area (Å²) < 4.78 is 0. The average Bonchev–Trinajstić information content (AvgIpc) is 2.25. The van der Waals surface area contributed by atoms with E-state index in [2.05, 4.69) is 47.6 Å². The van der Waals surface area contributed by atoms with Crippen LogP contribution in [0.5, 0.6) is 0 Å². The van der Waals surface area contributed by atoms with Gasteiger partial charge in [0.05, 0.1) is 0 Å². The monoisotopic (exact) mass is 238 g/mol. The summed E-state index contributed by atoms with van der Waals surface area (Å²) in [6, 6.07) is 0.